The van der Waals surface area contributed by atoms with Crippen LogP contribution in [-0.2, 0) is 9.59 Å². The van der Waals surface area contributed by atoms with E-state index < -0.39 is 11.6 Å². The van der Waals surface area contributed by atoms with Gasteiger partial charge in [0.1, 0.15) is 11.6 Å². The van der Waals surface area contributed by atoms with Crippen molar-refractivity contribution in [2.75, 3.05) is 0 Å². The van der Waals surface area contributed by atoms with Crippen LogP contribution in [0.2, 0.25) is 0 Å². The highest BCUT2D eigenvalue weighted by atomic mass is 16.2. The van der Waals surface area contributed by atoms with E-state index in [0.717, 1.165) is 0 Å². The summed E-state index contributed by atoms with van der Waals surface area (Å²) in [5.41, 5.74) is -0.958. The first-order chi connectivity index (χ1) is 8.61. The van der Waals surface area contributed by atoms with Gasteiger partial charge in [0.05, 0.1) is 0 Å². The summed E-state index contributed by atoms with van der Waals surface area (Å²) < 4.78 is 0. The van der Waals surface area contributed by atoms with Gasteiger partial charge in [0.15, 0.2) is 0 Å². The zero-order chi connectivity index (χ0) is 15.0. The fourth-order valence-corrected chi connectivity index (χ4v) is 3.03. The number of carbonyl (C=O) groups excluding carboxylic acids is 2. The van der Waals surface area contributed by atoms with Crippen LogP contribution in [0.25, 0.3) is 0 Å². The van der Waals surface area contributed by atoms with Crippen molar-refractivity contribution in [3.8, 4) is 0 Å². The Morgan fingerprint density at radius 3 is 2.00 bits per heavy atom. The lowest BCUT2D eigenvalue weighted by Crippen LogP contribution is -2.73. The van der Waals surface area contributed by atoms with E-state index in [1.54, 1.807) is 0 Å². The van der Waals surface area contributed by atoms with Gasteiger partial charge in [-0.15, -0.1) is 0 Å². The molecule has 1 aliphatic rings. The Labute approximate surface area is 116 Å². The highest BCUT2D eigenvalue weighted by molar-refractivity contribution is 6.00. The standard InChI is InChI=1S/C15H28N2O2/c1-8-15(9-2)13(19)16-11(14(5,6)7)12(18)17(15)10(3)4/h10-11H,8-9H2,1-7H3,(H,16,19). The van der Waals surface area contributed by atoms with Crippen molar-refractivity contribution in [1.29, 1.82) is 0 Å². The minimum atomic E-state index is -0.687. The lowest BCUT2D eigenvalue weighted by Gasteiger charge is -2.52. The molecule has 0 spiro atoms. The van der Waals surface area contributed by atoms with E-state index in [4.69, 9.17) is 0 Å². The van der Waals surface area contributed by atoms with Gasteiger partial charge in [-0.3, -0.25) is 9.59 Å². The third-order valence-corrected chi connectivity index (χ3v) is 4.20. The van der Waals surface area contributed by atoms with Gasteiger partial charge < -0.3 is 10.2 Å². The first-order valence-electron chi connectivity index (χ1n) is 7.26. The summed E-state index contributed by atoms with van der Waals surface area (Å²) in [7, 11) is 0. The summed E-state index contributed by atoms with van der Waals surface area (Å²) in [6, 6.07) is -0.406. The fourth-order valence-electron chi connectivity index (χ4n) is 3.03. The Morgan fingerprint density at radius 1 is 1.21 bits per heavy atom. The van der Waals surface area contributed by atoms with Crippen molar-refractivity contribution in [2.45, 2.75) is 78.9 Å². The third-order valence-electron chi connectivity index (χ3n) is 4.20. The molecule has 0 aromatic carbocycles. The molecule has 0 radical (unpaired) electrons. The molecule has 0 aromatic heterocycles. The summed E-state index contributed by atoms with van der Waals surface area (Å²) in [5.74, 6) is 0.0384. The molecule has 1 atom stereocenters. The maximum absolute atomic E-state index is 12.8. The highest BCUT2D eigenvalue weighted by Crippen LogP contribution is 2.34. The second-order valence-electron chi connectivity index (χ2n) is 6.81. The molecule has 1 aliphatic heterocycles. The Kier molecular flexibility index (Phi) is 4.33. The van der Waals surface area contributed by atoms with E-state index >= 15 is 0 Å². The quantitative estimate of drug-likeness (QED) is 0.854. The number of hydrogen-bond acceptors (Lipinski definition) is 2. The molecule has 4 heteroatoms. The van der Waals surface area contributed by atoms with Crippen LogP contribution in [0.4, 0.5) is 0 Å². The van der Waals surface area contributed by atoms with Gasteiger partial charge in [-0.1, -0.05) is 34.6 Å². The SMILES string of the molecule is CCC1(CC)C(=O)NC(C(C)(C)C)C(=O)N1C(C)C. The first-order valence-corrected chi connectivity index (χ1v) is 7.26. The van der Waals surface area contributed by atoms with Gasteiger partial charge in [-0.05, 0) is 32.1 Å². The monoisotopic (exact) mass is 268 g/mol. The van der Waals surface area contributed by atoms with E-state index in [1.807, 2.05) is 53.4 Å². The van der Waals surface area contributed by atoms with Crippen LogP contribution in [0.5, 0.6) is 0 Å². The van der Waals surface area contributed by atoms with Crippen LogP contribution in [-0.4, -0.2) is 34.3 Å². The van der Waals surface area contributed by atoms with Gasteiger partial charge in [-0.25, -0.2) is 0 Å². The van der Waals surface area contributed by atoms with Gasteiger partial charge in [0, 0.05) is 6.04 Å². The molecule has 1 saturated heterocycles. The molecule has 1 fully saturated rings. The summed E-state index contributed by atoms with van der Waals surface area (Å²) in [5, 5.41) is 2.95. The average molecular weight is 268 g/mol. The third kappa shape index (κ3) is 2.49. The maximum atomic E-state index is 12.8. The number of nitrogens with zero attached hydrogens (tertiary/aromatic N) is 1. The second-order valence-corrected chi connectivity index (χ2v) is 6.81. The van der Waals surface area contributed by atoms with E-state index in [-0.39, 0.29) is 23.3 Å². The summed E-state index contributed by atoms with van der Waals surface area (Å²) in [6.07, 6.45) is 1.30. The zero-order valence-corrected chi connectivity index (χ0v) is 13.3. The molecule has 0 saturated carbocycles. The Balaban J connectivity index is 3.29. The van der Waals surface area contributed by atoms with Crippen LogP contribution >= 0.6 is 0 Å². The van der Waals surface area contributed by atoms with Crippen LogP contribution in [0, 0.1) is 5.41 Å². The first kappa shape index (κ1) is 16.0. The largest absolute Gasteiger partial charge is 0.342 e. The van der Waals surface area contributed by atoms with Crippen molar-refractivity contribution in [1.82, 2.24) is 10.2 Å². The van der Waals surface area contributed by atoms with E-state index in [9.17, 15) is 9.59 Å². The Bertz CT molecular complexity index is 365. The van der Waals surface area contributed by atoms with Crippen molar-refractivity contribution in [2.24, 2.45) is 5.41 Å². The zero-order valence-electron chi connectivity index (χ0n) is 13.3. The van der Waals surface area contributed by atoms with E-state index in [1.165, 1.54) is 0 Å². The minimum Gasteiger partial charge on any atom is -0.342 e. The van der Waals surface area contributed by atoms with E-state index in [2.05, 4.69) is 5.32 Å². The number of nitrogens with one attached hydrogen (secondary N) is 1. The Hall–Kier alpha value is -1.06. The van der Waals surface area contributed by atoms with Gasteiger partial charge in [-0.2, -0.15) is 0 Å². The topological polar surface area (TPSA) is 49.4 Å². The van der Waals surface area contributed by atoms with Crippen LogP contribution in [0.3, 0.4) is 0 Å². The number of carbonyl (C=O) groups is 2. The van der Waals surface area contributed by atoms with Gasteiger partial charge >= 0.3 is 0 Å². The molecule has 0 aliphatic carbocycles. The molecule has 2 amide bonds. The molecular weight excluding hydrogens is 240 g/mol. The number of amides is 2. The van der Waals surface area contributed by atoms with Crippen LogP contribution in [0.15, 0.2) is 0 Å². The van der Waals surface area contributed by atoms with Crippen molar-refractivity contribution in [3.05, 3.63) is 0 Å². The van der Waals surface area contributed by atoms with E-state index in [0.29, 0.717) is 12.8 Å². The number of hydrogen-bond donors (Lipinski definition) is 1. The maximum Gasteiger partial charge on any atom is 0.246 e. The van der Waals surface area contributed by atoms with Crippen molar-refractivity contribution >= 4 is 11.8 Å². The smallest absolute Gasteiger partial charge is 0.246 e. The predicted octanol–water partition coefficient (Wildman–Crippen LogP) is 2.33. The fraction of sp³-hybridized carbons (Fsp3) is 0.867. The van der Waals surface area contributed by atoms with Crippen LogP contribution < -0.4 is 5.32 Å². The second kappa shape index (κ2) is 5.14. The average Bonchev–Trinajstić information content (AvgIpc) is 2.29. The van der Waals surface area contributed by atoms with Gasteiger partial charge in [0.25, 0.3) is 0 Å². The summed E-state index contributed by atoms with van der Waals surface area (Å²) in [6.45, 7) is 13.9. The highest BCUT2D eigenvalue weighted by Gasteiger charge is 2.53. The van der Waals surface area contributed by atoms with Crippen LogP contribution in [0.1, 0.15) is 61.3 Å². The number of rotatable bonds is 3. The molecule has 1 rings (SSSR count). The van der Waals surface area contributed by atoms with Crippen molar-refractivity contribution in [3.63, 3.8) is 0 Å². The molecule has 1 heterocycles. The molecule has 0 aromatic rings. The molecule has 1 N–H and O–H groups in total. The number of piperazine rings is 1. The molecular formula is C15H28N2O2. The molecule has 0 bridgehead atoms. The Morgan fingerprint density at radius 2 is 1.68 bits per heavy atom. The molecule has 1 unspecified atom stereocenters. The van der Waals surface area contributed by atoms with Crippen molar-refractivity contribution < 1.29 is 9.59 Å². The molecule has 110 valence electrons. The normalized spacial score (nSPS) is 23.8. The minimum absolute atomic E-state index is 0.00859. The molecule has 4 nitrogen and oxygen atoms in total. The predicted molar refractivity (Wildman–Crippen MR) is 76.7 cm³/mol. The summed E-state index contributed by atoms with van der Waals surface area (Å²) >= 11 is 0. The lowest BCUT2D eigenvalue weighted by atomic mass is 9.78. The molecule has 19 heavy (non-hydrogen) atoms. The van der Waals surface area contributed by atoms with Gasteiger partial charge in [0.2, 0.25) is 11.8 Å². The summed E-state index contributed by atoms with van der Waals surface area (Å²) in [4.78, 5) is 27.2. The lowest BCUT2D eigenvalue weighted by molar-refractivity contribution is -0.164.